The summed E-state index contributed by atoms with van der Waals surface area (Å²) in [6.45, 7) is 0. The first-order valence-electron chi connectivity index (χ1n) is 5.43. The number of carboxylic acid groups (broad SMARTS) is 1. The van der Waals surface area contributed by atoms with Crippen molar-refractivity contribution in [1.82, 2.24) is 0 Å². The van der Waals surface area contributed by atoms with Crippen LogP contribution in [0.3, 0.4) is 0 Å². The Morgan fingerprint density at radius 1 is 1.00 bits per heavy atom. The van der Waals surface area contributed by atoms with Gasteiger partial charge in [-0.3, -0.25) is 0 Å². The number of hydrogen-bond donors (Lipinski definition) is 1. The molecular weight excluding hydrogens is 231 g/mol. The fourth-order valence-electron chi connectivity index (χ4n) is 1.73. The van der Waals surface area contributed by atoms with Gasteiger partial charge in [0.05, 0.1) is 0 Å². The lowest BCUT2D eigenvalue weighted by atomic mass is 9.97. The van der Waals surface area contributed by atoms with E-state index in [4.69, 9.17) is 5.11 Å². The van der Waals surface area contributed by atoms with Crippen LogP contribution in [-0.4, -0.2) is 11.1 Å². The Morgan fingerprint density at radius 3 is 2.28 bits per heavy atom. The Bertz CT molecular complexity index is 588. The molecule has 18 heavy (non-hydrogen) atoms. The molecule has 0 aliphatic rings. The molecule has 0 fully saturated rings. The second-order valence-electron chi connectivity index (χ2n) is 3.77. The van der Waals surface area contributed by atoms with E-state index in [9.17, 15) is 9.18 Å². The number of benzene rings is 2. The zero-order valence-corrected chi connectivity index (χ0v) is 9.51. The van der Waals surface area contributed by atoms with Crippen molar-refractivity contribution < 1.29 is 14.3 Å². The van der Waals surface area contributed by atoms with Crippen molar-refractivity contribution in [3.05, 3.63) is 77.6 Å². The summed E-state index contributed by atoms with van der Waals surface area (Å²) in [5.41, 5.74) is 1.77. The minimum absolute atomic E-state index is 0.389. The molecule has 0 unspecified atom stereocenters. The van der Waals surface area contributed by atoms with Gasteiger partial charge in [0.15, 0.2) is 0 Å². The van der Waals surface area contributed by atoms with Crippen LogP contribution in [0.25, 0.3) is 5.57 Å². The number of aliphatic carboxylic acids is 1. The first-order valence-corrected chi connectivity index (χ1v) is 5.43. The van der Waals surface area contributed by atoms with E-state index in [1.54, 1.807) is 24.3 Å². The summed E-state index contributed by atoms with van der Waals surface area (Å²) in [6, 6.07) is 14.9. The molecule has 0 saturated heterocycles. The Morgan fingerprint density at radius 2 is 1.67 bits per heavy atom. The highest BCUT2D eigenvalue weighted by Crippen LogP contribution is 2.23. The maximum Gasteiger partial charge on any atom is 0.328 e. The van der Waals surface area contributed by atoms with Gasteiger partial charge in [-0.1, -0.05) is 42.5 Å². The Labute approximate surface area is 104 Å². The second kappa shape index (κ2) is 5.27. The molecule has 0 saturated carbocycles. The summed E-state index contributed by atoms with van der Waals surface area (Å²) < 4.78 is 13.2. The van der Waals surface area contributed by atoms with Crippen molar-refractivity contribution in [2.75, 3.05) is 0 Å². The molecule has 1 N–H and O–H groups in total. The number of hydrogen-bond acceptors (Lipinski definition) is 1. The van der Waals surface area contributed by atoms with Crippen LogP contribution in [0.5, 0.6) is 0 Å². The Balaban J connectivity index is 2.54. The molecule has 2 aromatic carbocycles. The van der Waals surface area contributed by atoms with Crippen LogP contribution in [0.15, 0.2) is 60.7 Å². The van der Waals surface area contributed by atoms with Gasteiger partial charge in [0.2, 0.25) is 0 Å². The lowest BCUT2D eigenvalue weighted by molar-refractivity contribution is -0.131. The highest BCUT2D eigenvalue weighted by Gasteiger charge is 2.07. The molecule has 2 aromatic rings. The smallest absolute Gasteiger partial charge is 0.328 e. The van der Waals surface area contributed by atoms with E-state index in [0.29, 0.717) is 11.1 Å². The summed E-state index contributed by atoms with van der Waals surface area (Å²) >= 11 is 0. The van der Waals surface area contributed by atoms with Gasteiger partial charge in [-0.15, -0.1) is 0 Å². The fourth-order valence-corrected chi connectivity index (χ4v) is 1.73. The zero-order valence-electron chi connectivity index (χ0n) is 9.51. The molecule has 3 heteroatoms. The van der Waals surface area contributed by atoms with Crippen LogP contribution in [0.1, 0.15) is 11.1 Å². The predicted molar refractivity (Wildman–Crippen MR) is 67.6 cm³/mol. The van der Waals surface area contributed by atoms with E-state index < -0.39 is 5.97 Å². The third-order valence-electron chi connectivity index (χ3n) is 2.49. The summed E-state index contributed by atoms with van der Waals surface area (Å²) in [7, 11) is 0. The average molecular weight is 242 g/mol. The minimum Gasteiger partial charge on any atom is -0.478 e. The monoisotopic (exact) mass is 242 g/mol. The first-order chi connectivity index (χ1) is 8.66. The van der Waals surface area contributed by atoms with Crippen LogP contribution >= 0.6 is 0 Å². The molecule has 2 rings (SSSR count). The molecule has 0 spiro atoms. The molecule has 0 amide bonds. The van der Waals surface area contributed by atoms with Crippen molar-refractivity contribution in [3.63, 3.8) is 0 Å². The lowest BCUT2D eigenvalue weighted by Gasteiger charge is -2.07. The van der Waals surface area contributed by atoms with Crippen LogP contribution in [0, 0.1) is 5.82 Å². The van der Waals surface area contributed by atoms with Crippen molar-refractivity contribution in [1.29, 1.82) is 0 Å². The number of carboxylic acids is 1. The standard InChI is InChI=1S/C15H11FO2/c16-13-8-4-7-12(9-13)14(10-15(17)18)11-5-2-1-3-6-11/h1-10H,(H,17,18)/b14-10+. The first kappa shape index (κ1) is 12.0. The third kappa shape index (κ3) is 2.83. The van der Waals surface area contributed by atoms with Gasteiger partial charge in [0, 0.05) is 6.08 Å². The quantitative estimate of drug-likeness (QED) is 0.838. The average Bonchev–Trinajstić information content (AvgIpc) is 2.37. The van der Waals surface area contributed by atoms with Crippen LogP contribution in [-0.2, 0) is 4.79 Å². The van der Waals surface area contributed by atoms with Crippen molar-refractivity contribution in [2.24, 2.45) is 0 Å². The Hall–Kier alpha value is -2.42. The van der Waals surface area contributed by atoms with Crippen molar-refractivity contribution in [3.8, 4) is 0 Å². The minimum atomic E-state index is -1.06. The molecule has 0 aliphatic carbocycles. The van der Waals surface area contributed by atoms with Gasteiger partial charge >= 0.3 is 5.97 Å². The molecular formula is C15H11FO2. The molecule has 0 aliphatic heterocycles. The van der Waals surface area contributed by atoms with Crippen LogP contribution in [0.2, 0.25) is 0 Å². The molecule has 0 radical (unpaired) electrons. The largest absolute Gasteiger partial charge is 0.478 e. The molecule has 0 bridgehead atoms. The summed E-state index contributed by atoms with van der Waals surface area (Å²) in [6.07, 6.45) is 1.09. The third-order valence-corrected chi connectivity index (χ3v) is 2.49. The number of carbonyl (C=O) groups is 1. The summed E-state index contributed by atoms with van der Waals surface area (Å²) in [5.74, 6) is -1.45. The van der Waals surface area contributed by atoms with Gasteiger partial charge in [-0.2, -0.15) is 0 Å². The van der Waals surface area contributed by atoms with E-state index in [2.05, 4.69) is 0 Å². The fraction of sp³-hybridized carbons (Fsp3) is 0. The van der Waals surface area contributed by atoms with Crippen molar-refractivity contribution in [2.45, 2.75) is 0 Å². The van der Waals surface area contributed by atoms with Gasteiger partial charge in [-0.05, 0) is 28.8 Å². The predicted octanol–water partition coefficient (Wildman–Crippen LogP) is 3.34. The van der Waals surface area contributed by atoms with E-state index >= 15 is 0 Å². The van der Waals surface area contributed by atoms with E-state index in [1.165, 1.54) is 12.1 Å². The van der Waals surface area contributed by atoms with Crippen molar-refractivity contribution >= 4 is 11.5 Å². The van der Waals surface area contributed by atoms with Gasteiger partial charge in [0.25, 0.3) is 0 Å². The maximum absolute atomic E-state index is 13.2. The van der Waals surface area contributed by atoms with E-state index in [-0.39, 0.29) is 5.82 Å². The SMILES string of the molecule is O=C(O)/C=C(\c1ccccc1)c1cccc(F)c1. The molecule has 0 heterocycles. The zero-order chi connectivity index (χ0) is 13.0. The molecule has 90 valence electrons. The second-order valence-corrected chi connectivity index (χ2v) is 3.77. The van der Waals surface area contributed by atoms with Crippen LogP contribution < -0.4 is 0 Å². The summed E-state index contributed by atoms with van der Waals surface area (Å²) in [5, 5.41) is 8.91. The van der Waals surface area contributed by atoms with Crippen LogP contribution in [0.4, 0.5) is 4.39 Å². The molecule has 2 nitrogen and oxygen atoms in total. The summed E-state index contributed by atoms with van der Waals surface area (Å²) in [4.78, 5) is 10.9. The highest BCUT2D eigenvalue weighted by atomic mass is 19.1. The number of rotatable bonds is 3. The Kier molecular flexibility index (Phi) is 3.53. The van der Waals surface area contributed by atoms with Gasteiger partial charge in [0.1, 0.15) is 5.82 Å². The van der Waals surface area contributed by atoms with E-state index in [0.717, 1.165) is 11.6 Å². The highest BCUT2D eigenvalue weighted by molar-refractivity contribution is 5.95. The van der Waals surface area contributed by atoms with E-state index in [1.807, 2.05) is 18.2 Å². The van der Waals surface area contributed by atoms with Gasteiger partial charge in [-0.25, -0.2) is 9.18 Å². The number of halogens is 1. The maximum atomic E-state index is 13.2. The molecule has 0 aromatic heterocycles. The van der Waals surface area contributed by atoms with Gasteiger partial charge < -0.3 is 5.11 Å². The molecule has 0 atom stereocenters. The topological polar surface area (TPSA) is 37.3 Å². The lowest BCUT2D eigenvalue weighted by Crippen LogP contribution is -1.95. The normalized spacial score (nSPS) is 11.3.